The Bertz CT molecular complexity index is 502. The quantitative estimate of drug-likeness (QED) is 0.845. The zero-order valence-electron chi connectivity index (χ0n) is 12.1. The highest BCUT2D eigenvalue weighted by Crippen LogP contribution is 2.26. The lowest BCUT2D eigenvalue weighted by molar-refractivity contribution is 0.560. The molecule has 1 N–H and O–H groups in total. The van der Waals surface area contributed by atoms with E-state index in [1.165, 1.54) is 16.7 Å². The third-order valence-electron chi connectivity index (χ3n) is 3.50. The Labute approximate surface area is 116 Å². The second kappa shape index (κ2) is 6.53. The van der Waals surface area contributed by atoms with E-state index in [0.29, 0.717) is 12.0 Å². The fraction of sp³-hybridized carbons (Fsp3) is 0.333. The van der Waals surface area contributed by atoms with E-state index in [2.05, 4.69) is 80.7 Å². The molecule has 2 aromatic rings. The molecule has 100 valence electrons. The monoisotopic (exact) mass is 253 g/mol. The molecule has 0 aliphatic rings. The summed E-state index contributed by atoms with van der Waals surface area (Å²) in [4.78, 5) is 0. The van der Waals surface area contributed by atoms with Crippen molar-refractivity contribution in [3.63, 3.8) is 0 Å². The first-order valence-corrected chi connectivity index (χ1v) is 7.02. The molecule has 0 spiro atoms. The fourth-order valence-electron chi connectivity index (χ4n) is 2.42. The molecular formula is C18H23N. The van der Waals surface area contributed by atoms with Crippen molar-refractivity contribution in [1.82, 2.24) is 5.32 Å². The Morgan fingerprint density at radius 2 is 1.53 bits per heavy atom. The van der Waals surface area contributed by atoms with Crippen LogP contribution in [0.3, 0.4) is 0 Å². The zero-order valence-corrected chi connectivity index (χ0v) is 12.1. The number of benzene rings is 2. The van der Waals surface area contributed by atoms with Crippen LogP contribution in [0.1, 0.15) is 36.5 Å². The van der Waals surface area contributed by atoms with E-state index < -0.39 is 0 Å². The molecule has 1 atom stereocenters. The van der Waals surface area contributed by atoms with E-state index in [0.717, 1.165) is 6.54 Å². The minimum Gasteiger partial charge on any atom is -0.314 e. The summed E-state index contributed by atoms with van der Waals surface area (Å²) in [5.74, 6) is 0.421. The van der Waals surface area contributed by atoms with Gasteiger partial charge >= 0.3 is 0 Å². The Kier molecular flexibility index (Phi) is 4.75. The number of hydrogen-bond acceptors (Lipinski definition) is 1. The lowest BCUT2D eigenvalue weighted by Crippen LogP contribution is -2.28. The van der Waals surface area contributed by atoms with Crippen molar-refractivity contribution >= 4 is 0 Å². The summed E-state index contributed by atoms with van der Waals surface area (Å²) in [6, 6.07) is 20.0. The molecule has 0 aromatic heterocycles. The number of hydrogen-bond donors (Lipinski definition) is 1. The van der Waals surface area contributed by atoms with Crippen LogP contribution in [0, 0.1) is 6.92 Å². The fourth-order valence-corrected chi connectivity index (χ4v) is 2.42. The first-order valence-electron chi connectivity index (χ1n) is 7.02. The van der Waals surface area contributed by atoms with Crippen LogP contribution in [0.4, 0.5) is 0 Å². The van der Waals surface area contributed by atoms with Crippen molar-refractivity contribution in [2.75, 3.05) is 6.54 Å². The lowest BCUT2D eigenvalue weighted by Gasteiger charge is -2.22. The molecule has 0 fully saturated rings. The van der Waals surface area contributed by atoms with Crippen LogP contribution >= 0.6 is 0 Å². The van der Waals surface area contributed by atoms with Gasteiger partial charge in [0, 0.05) is 18.5 Å². The molecule has 0 aliphatic heterocycles. The van der Waals surface area contributed by atoms with E-state index in [1.54, 1.807) is 0 Å². The van der Waals surface area contributed by atoms with Gasteiger partial charge < -0.3 is 5.32 Å². The van der Waals surface area contributed by atoms with Gasteiger partial charge in [-0.1, -0.05) is 68.4 Å². The highest BCUT2D eigenvalue weighted by Gasteiger charge is 2.15. The maximum atomic E-state index is 3.57. The van der Waals surface area contributed by atoms with Gasteiger partial charge in [0.05, 0.1) is 0 Å². The van der Waals surface area contributed by atoms with Gasteiger partial charge in [-0.05, 0) is 23.6 Å². The Balaban J connectivity index is 2.32. The second-order valence-corrected chi connectivity index (χ2v) is 5.38. The summed E-state index contributed by atoms with van der Waals surface area (Å²) in [6.07, 6.45) is 0. The molecule has 1 nitrogen and oxygen atoms in total. The van der Waals surface area contributed by atoms with Crippen molar-refractivity contribution < 1.29 is 0 Å². The van der Waals surface area contributed by atoms with Gasteiger partial charge in [0.2, 0.25) is 0 Å². The summed E-state index contributed by atoms with van der Waals surface area (Å²) < 4.78 is 0. The van der Waals surface area contributed by atoms with Crippen LogP contribution in [0.5, 0.6) is 0 Å². The molecule has 0 amide bonds. The van der Waals surface area contributed by atoms with Crippen LogP contribution in [-0.2, 0) is 0 Å². The van der Waals surface area contributed by atoms with Gasteiger partial charge in [0.25, 0.3) is 0 Å². The maximum absolute atomic E-state index is 3.57. The molecule has 1 unspecified atom stereocenters. The third-order valence-corrected chi connectivity index (χ3v) is 3.50. The molecule has 2 rings (SSSR count). The Morgan fingerprint density at radius 3 is 2.16 bits per heavy atom. The third kappa shape index (κ3) is 3.68. The van der Waals surface area contributed by atoms with E-state index >= 15 is 0 Å². The topological polar surface area (TPSA) is 12.0 Å². The van der Waals surface area contributed by atoms with Crippen molar-refractivity contribution in [1.29, 1.82) is 0 Å². The predicted molar refractivity (Wildman–Crippen MR) is 82.6 cm³/mol. The van der Waals surface area contributed by atoms with Crippen molar-refractivity contribution in [3.05, 3.63) is 71.3 Å². The van der Waals surface area contributed by atoms with E-state index in [1.807, 2.05) is 0 Å². The predicted octanol–water partition coefficient (Wildman–Crippen LogP) is 4.12. The van der Waals surface area contributed by atoms with Gasteiger partial charge in [0.15, 0.2) is 0 Å². The molecule has 19 heavy (non-hydrogen) atoms. The highest BCUT2D eigenvalue weighted by atomic mass is 14.9. The van der Waals surface area contributed by atoms with E-state index in [9.17, 15) is 0 Å². The Morgan fingerprint density at radius 1 is 0.895 bits per heavy atom. The molecule has 2 aromatic carbocycles. The molecule has 0 bridgehead atoms. The van der Waals surface area contributed by atoms with Crippen LogP contribution in [0.25, 0.3) is 0 Å². The maximum Gasteiger partial charge on any atom is 0.0217 e. The number of rotatable bonds is 5. The zero-order chi connectivity index (χ0) is 13.7. The van der Waals surface area contributed by atoms with Crippen LogP contribution in [0.15, 0.2) is 54.6 Å². The minimum atomic E-state index is 0.421. The Hall–Kier alpha value is -1.60. The first-order chi connectivity index (χ1) is 9.18. The second-order valence-electron chi connectivity index (χ2n) is 5.38. The molecule has 0 heterocycles. The first kappa shape index (κ1) is 13.8. The molecular weight excluding hydrogens is 230 g/mol. The molecule has 0 radical (unpaired) electrons. The minimum absolute atomic E-state index is 0.421. The molecule has 0 saturated heterocycles. The lowest BCUT2D eigenvalue weighted by atomic mass is 9.88. The van der Waals surface area contributed by atoms with Gasteiger partial charge in [-0.3, -0.25) is 0 Å². The molecule has 1 heteroatoms. The van der Waals surface area contributed by atoms with E-state index in [-0.39, 0.29) is 0 Å². The van der Waals surface area contributed by atoms with E-state index in [4.69, 9.17) is 0 Å². The van der Waals surface area contributed by atoms with Crippen molar-refractivity contribution in [3.8, 4) is 0 Å². The summed E-state index contributed by atoms with van der Waals surface area (Å²) in [5, 5.41) is 3.57. The van der Waals surface area contributed by atoms with Crippen LogP contribution in [0.2, 0.25) is 0 Å². The van der Waals surface area contributed by atoms with Crippen molar-refractivity contribution in [2.24, 2.45) is 0 Å². The number of nitrogens with one attached hydrogen (secondary N) is 1. The van der Waals surface area contributed by atoms with Crippen LogP contribution in [-0.4, -0.2) is 12.6 Å². The molecule has 0 aliphatic carbocycles. The largest absolute Gasteiger partial charge is 0.314 e. The standard InChI is InChI=1S/C18H23N/c1-14(2)19-13-18(16-10-5-4-6-11-16)17-12-8-7-9-15(17)3/h4-12,14,18-19H,13H2,1-3H3. The average molecular weight is 253 g/mol. The average Bonchev–Trinajstić information content (AvgIpc) is 2.42. The van der Waals surface area contributed by atoms with Crippen molar-refractivity contribution in [2.45, 2.75) is 32.7 Å². The van der Waals surface area contributed by atoms with Gasteiger partial charge in [0.1, 0.15) is 0 Å². The summed E-state index contributed by atoms with van der Waals surface area (Å²) in [7, 11) is 0. The highest BCUT2D eigenvalue weighted by molar-refractivity contribution is 5.37. The normalized spacial score (nSPS) is 12.6. The summed E-state index contributed by atoms with van der Waals surface area (Å²) in [5.41, 5.74) is 4.16. The van der Waals surface area contributed by atoms with Gasteiger partial charge in [-0.15, -0.1) is 0 Å². The molecule has 0 saturated carbocycles. The SMILES string of the molecule is Cc1ccccc1C(CNC(C)C)c1ccccc1. The van der Waals surface area contributed by atoms with Gasteiger partial charge in [-0.25, -0.2) is 0 Å². The summed E-state index contributed by atoms with van der Waals surface area (Å²) >= 11 is 0. The van der Waals surface area contributed by atoms with Crippen LogP contribution < -0.4 is 5.32 Å². The number of aryl methyl sites for hydroxylation is 1. The smallest absolute Gasteiger partial charge is 0.0217 e. The summed E-state index contributed by atoms with van der Waals surface area (Å²) in [6.45, 7) is 7.56. The van der Waals surface area contributed by atoms with Gasteiger partial charge in [-0.2, -0.15) is 0 Å².